The quantitative estimate of drug-likeness (QED) is 0.911. The summed E-state index contributed by atoms with van der Waals surface area (Å²) in [5.41, 5.74) is 0.745. The predicted molar refractivity (Wildman–Crippen MR) is 71.9 cm³/mol. The fraction of sp³-hybridized carbons (Fsp3) is 0.429. The molecule has 0 radical (unpaired) electrons. The van der Waals surface area contributed by atoms with Gasteiger partial charge in [-0.25, -0.2) is 0 Å². The minimum Gasteiger partial charge on any atom is -0.460 e. The molecule has 100 valence electrons. The second-order valence-electron chi connectivity index (χ2n) is 4.97. The molecule has 3 heterocycles. The maximum Gasteiger partial charge on any atom is 0.154 e. The van der Waals surface area contributed by atoms with Gasteiger partial charge in [-0.15, -0.1) is 10.2 Å². The van der Waals surface area contributed by atoms with Gasteiger partial charge in [-0.05, 0) is 37.6 Å². The van der Waals surface area contributed by atoms with Crippen molar-refractivity contribution in [2.24, 2.45) is 5.92 Å². The molecule has 0 aromatic carbocycles. The number of aryl methyl sites for hydroxylation is 1. The molecule has 0 spiro atoms. The summed E-state index contributed by atoms with van der Waals surface area (Å²) in [4.78, 5) is 2.16. The van der Waals surface area contributed by atoms with Crippen molar-refractivity contribution in [1.29, 1.82) is 0 Å². The summed E-state index contributed by atoms with van der Waals surface area (Å²) in [6.45, 7) is 3.93. The Balaban J connectivity index is 1.76. The third-order valence-electron chi connectivity index (χ3n) is 3.51. The van der Waals surface area contributed by atoms with Crippen molar-refractivity contribution in [3.8, 4) is 11.5 Å². The van der Waals surface area contributed by atoms with Crippen LogP contribution < -0.4 is 4.90 Å². The zero-order valence-corrected chi connectivity index (χ0v) is 10.9. The first-order valence-corrected chi connectivity index (χ1v) is 6.52. The molecule has 1 saturated heterocycles. The Morgan fingerprint density at radius 2 is 2.21 bits per heavy atom. The van der Waals surface area contributed by atoms with E-state index in [2.05, 4.69) is 15.1 Å². The SMILES string of the molecule is Cc1ccc(-c2ccc(N3CCC(CO)C3)nn2)o1. The number of aromatic nitrogens is 2. The average Bonchev–Trinajstić information content (AvgIpc) is 3.07. The van der Waals surface area contributed by atoms with Crippen LogP contribution in [0.4, 0.5) is 5.82 Å². The lowest BCUT2D eigenvalue weighted by molar-refractivity contribution is 0.238. The first-order valence-electron chi connectivity index (χ1n) is 6.52. The molecule has 5 nitrogen and oxygen atoms in total. The van der Waals surface area contributed by atoms with Gasteiger partial charge in [0.1, 0.15) is 11.5 Å². The molecule has 0 amide bonds. The number of rotatable bonds is 3. The second kappa shape index (κ2) is 5.01. The van der Waals surface area contributed by atoms with Gasteiger partial charge in [0.15, 0.2) is 11.6 Å². The van der Waals surface area contributed by atoms with Gasteiger partial charge in [-0.1, -0.05) is 0 Å². The van der Waals surface area contributed by atoms with Crippen LogP contribution in [0.2, 0.25) is 0 Å². The van der Waals surface area contributed by atoms with E-state index in [0.29, 0.717) is 5.92 Å². The van der Waals surface area contributed by atoms with E-state index in [-0.39, 0.29) is 6.61 Å². The maximum absolute atomic E-state index is 9.15. The highest BCUT2D eigenvalue weighted by atomic mass is 16.3. The molecule has 0 bridgehead atoms. The Morgan fingerprint density at radius 3 is 2.79 bits per heavy atom. The molecule has 1 unspecified atom stereocenters. The van der Waals surface area contributed by atoms with Crippen LogP contribution in [-0.2, 0) is 0 Å². The summed E-state index contributed by atoms with van der Waals surface area (Å²) in [7, 11) is 0. The molecule has 1 aliphatic heterocycles. The van der Waals surface area contributed by atoms with Crippen LogP contribution in [0.25, 0.3) is 11.5 Å². The van der Waals surface area contributed by atoms with E-state index >= 15 is 0 Å². The summed E-state index contributed by atoms with van der Waals surface area (Å²) in [5, 5.41) is 17.6. The predicted octanol–water partition coefficient (Wildman–Crippen LogP) is 1.86. The first-order chi connectivity index (χ1) is 9.26. The molecular formula is C14H17N3O2. The molecular weight excluding hydrogens is 242 g/mol. The molecule has 1 N–H and O–H groups in total. The third kappa shape index (κ3) is 2.46. The van der Waals surface area contributed by atoms with Gasteiger partial charge in [-0.3, -0.25) is 0 Å². The molecule has 0 saturated carbocycles. The van der Waals surface area contributed by atoms with Gasteiger partial charge >= 0.3 is 0 Å². The molecule has 0 aliphatic carbocycles. The van der Waals surface area contributed by atoms with Gasteiger partial charge in [0.25, 0.3) is 0 Å². The van der Waals surface area contributed by atoms with Crippen molar-refractivity contribution in [3.63, 3.8) is 0 Å². The Labute approximate surface area is 111 Å². The number of nitrogens with zero attached hydrogens (tertiary/aromatic N) is 3. The molecule has 1 atom stereocenters. The van der Waals surface area contributed by atoms with Crippen molar-refractivity contribution in [1.82, 2.24) is 10.2 Å². The lowest BCUT2D eigenvalue weighted by atomic mass is 10.1. The van der Waals surface area contributed by atoms with Crippen LogP contribution in [0.3, 0.4) is 0 Å². The average molecular weight is 259 g/mol. The Kier molecular flexibility index (Phi) is 3.21. The minimum atomic E-state index is 0.244. The van der Waals surface area contributed by atoms with Gasteiger partial charge in [-0.2, -0.15) is 0 Å². The fourth-order valence-corrected chi connectivity index (χ4v) is 2.39. The zero-order chi connectivity index (χ0) is 13.2. The summed E-state index contributed by atoms with van der Waals surface area (Å²) >= 11 is 0. The molecule has 19 heavy (non-hydrogen) atoms. The van der Waals surface area contributed by atoms with E-state index in [4.69, 9.17) is 9.52 Å². The van der Waals surface area contributed by atoms with E-state index in [0.717, 1.165) is 42.5 Å². The first kappa shape index (κ1) is 12.2. The van der Waals surface area contributed by atoms with Crippen LogP contribution in [0.1, 0.15) is 12.2 Å². The fourth-order valence-electron chi connectivity index (χ4n) is 2.39. The standard InChI is InChI=1S/C14H17N3O2/c1-10-2-4-13(19-10)12-3-5-14(16-15-12)17-7-6-11(8-17)9-18/h2-5,11,18H,6-9H2,1H3. The summed E-state index contributed by atoms with van der Waals surface area (Å²) < 4.78 is 5.52. The van der Waals surface area contributed by atoms with Crippen LogP contribution >= 0.6 is 0 Å². The third-order valence-corrected chi connectivity index (χ3v) is 3.51. The van der Waals surface area contributed by atoms with Gasteiger partial charge < -0.3 is 14.4 Å². The van der Waals surface area contributed by atoms with E-state index in [1.165, 1.54) is 0 Å². The number of aliphatic hydroxyl groups excluding tert-OH is 1. The van der Waals surface area contributed by atoms with Gasteiger partial charge in [0.05, 0.1) is 0 Å². The highest BCUT2D eigenvalue weighted by molar-refractivity contribution is 5.54. The highest BCUT2D eigenvalue weighted by Crippen LogP contribution is 2.24. The molecule has 3 rings (SSSR count). The monoisotopic (exact) mass is 259 g/mol. The Bertz CT molecular complexity index is 550. The summed E-state index contributed by atoms with van der Waals surface area (Å²) in [6, 6.07) is 7.70. The lowest BCUT2D eigenvalue weighted by Gasteiger charge is -2.16. The van der Waals surface area contributed by atoms with E-state index < -0.39 is 0 Å². The molecule has 2 aromatic heterocycles. The zero-order valence-electron chi connectivity index (χ0n) is 10.9. The maximum atomic E-state index is 9.15. The van der Waals surface area contributed by atoms with Crippen LogP contribution in [-0.4, -0.2) is 35.0 Å². The molecule has 2 aromatic rings. The van der Waals surface area contributed by atoms with Gasteiger partial charge in [0, 0.05) is 25.6 Å². The molecule has 1 aliphatic rings. The van der Waals surface area contributed by atoms with Crippen LogP contribution in [0.15, 0.2) is 28.7 Å². The van der Waals surface area contributed by atoms with Crippen molar-refractivity contribution in [2.75, 3.05) is 24.6 Å². The number of anilines is 1. The minimum absolute atomic E-state index is 0.244. The second-order valence-corrected chi connectivity index (χ2v) is 4.97. The molecule has 5 heteroatoms. The van der Waals surface area contributed by atoms with Crippen molar-refractivity contribution in [2.45, 2.75) is 13.3 Å². The number of aliphatic hydroxyl groups is 1. The summed E-state index contributed by atoms with van der Waals surface area (Å²) in [5.74, 6) is 2.83. The largest absolute Gasteiger partial charge is 0.460 e. The van der Waals surface area contributed by atoms with Crippen LogP contribution in [0, 0.1) is 12.8 Å². The lowest BCUT2D eigenvalue weighted by Crippen LogP contribution is -2.21. The van der Waals surface area contributed by atoms with Crippen molar-refractivity contribution < 1.29 is 9.52 Å². The Morgan fingerprint density at radius 1 is 1.32 bits per heavy atom. The topological polar surface area (TPSA) is 62.4 Å². The van der Waals surface area contributed by atoms with E-state index in [1.54, 1.807) is 0 Å². The number of furan rings is 1. The van der Waals surface area contributed by atoms with Crippen molar-refractivity contribution >= 4 is 5.82 Å². The number of hydrogen-bond acceptors (Lipinski definition) is 5. The van der Waals surface area contributed by atoms with Gasteiger partial charge in [0.2, 0.25) is 0 Å². The summed E-state index contributed by atoms with van der Waals surface area (Å²) in [6.07, 6.45) is 1.01. The van der Waals surface area contributed by atoms with Crippen LogP contribution in [0.5, 0.6) is 0 Å². The molecule has 1 fully saturated rings. The van der Waals surface area contributed by atoms with E-state index in [9.17, 15) is 0 Å². The smallest absolute Gasteiger partial charge is 0.154 e. The normalized spacial score (nSPS) is 19.1. The Hall–Kier alpha value is -1.88. The van der Waals surface area contributed by atoms with Crippen molar-refractivity contribution in [3.05, 3.63) is 30.0 Å². The van der Waals surface area contributed by atoms with E-state index in [1.807, 2.05) is 31.2 Å². The number of hydrogen-bond donors (Lipinski definition) is 1. The highest BCUT2D eigenvalue weighted by Gasteiger charge is 2.23.